The Bertz CT molecular complexity index is 681. The molecule has 1 aromatic heterocycles. The number of fused-ring (bicyclic) bond motifs is 1. The molecule has 0 saturated heterocycles. The lowest BCUT2D eigenvalue weighted by molar-refractivity contribution is 0.0948. The van der Waals surface area contributed by atoms with Gasteiger partial charge in [0.05, 0.1) is 5.69 Å². The summed E-state index contributed by atoms with van der Waals surface area (Å²) < 4.78 is 13.6. The van der Waals surface area contributed by atoms with Crippen molar-refractivity contribution in [2.24, 2.45) is 5.84 Å². The van der Waals surface area contributed by atoms with E-state index in [0.29, 0.717) is 0 Å². The van der Waals surface area contributed by atoms with E-state index in [1.165, 1.54) is 18.6 Å². The summed E-state index contributed by atoms with van der Waals surface area (Å²) in [7, 11) is 0. The third kappa shape index (κ3) is 2.74. The summed E-state index contributed by atoms with van der Waals surface area (Å²) in [6, 6.07) is 6.25. The van der Waals surface area contributed by atoms with E-state index in [1.807, 2.05) is 0 Å². The second-order valence-electron chi connectivity index (χ2n) is 5.57. The Labute approximate surface area is 122 Å². The molecule has 110 valence electrons. The van der Waals surface area contributed by atoms with Gasteiger partial charge in [-0.25, -0.2) is 15.2 Å². The van der Waals surface area contributed by atoms with E-state index in [1.54, 1.807) is 12.1 Å². The number of halogens is 1. The molecule has 0 radical (unpaired) electrons. The first kappa shape index (κ1) is 13.9. The number of carbonyl (C=O) groups is 1. The summed E-state index contributed by atoms with van der Waals surface area (Å²) in [5.41, 5.74) is 3.23. The van der Waals surface area contributed by atoms with Crippen LogP contribution in [0.1, 0.15) is 54.2 Å². The number of nitrogen functional groups attached to an aromatic ring is 1. The Morgan fingerprint density at radius 2 is 2.00 bits per heavy atom. The standard InChI is InChI=1S/C16H18FN3O/c17-12-7-6-11-8-14(16(21)20-18)19-15(13(11)9-12)10-4-2-1-3-5-10/h6-10H,1-5,18H2,(H,20,21). The number of rotatable bonds is 2. The number of aromatic nitrogens is 1. The lowest BCUT2D eigenvalue weighted by Gasteiger charge is -2.23. The zero-order valence-electron chi connectivity index (χ0n) is 11.7. The summed E-state index contributed by atoms with van der Waals surface area (Å²) in [6.45, 7) is 0. The molecule has 1 aliphatic carbocycles. The monoisotopic (exact) mass is 287 g/mol. The van der Waals surface area contributed by atoms with Crippen LogP contribution < -0.4 is 11.3 Å². The van der Waals surface area contributed by atoms with Gasteiger partial charge in [-0.1, -0.05) is 25.3 Å². The van der Waals surface area contributed by atoms with Crippen LogP contribution in [0.25, 0.3) is 10.8 Å². The number of benzene rings is 1. The highest BCUT2D eigenvalue weighted by Crippen LogP contribution is 2.35. The van der Waals surface area contributed by atoms with Crippen LogP contribution in [-0.2, 0) is 0 Å². The van der Waals surface area contributed by atoms with Gasteiger partial charge in [0, 0.05) is 11.3 Å². The Kier molecular flexibility index (Phi) is 3.84. The first-order valence-corrected chi connectivity index (χ1v) is 7.30. The Morgan fingerprint density at radius 3 is 2.71 bits per heavy atom. The van der Waals surface area contributed by atoms with Crippen LogP contribution in [0.3, 0.4) is 0 Å². The summed E-state index contributed by atoms with van der Waals surface area (Å²) >= 11 is 0. The van der Waals surface area contributed by atoms with Crippen LogP contribution in [-0.4, -0.2) is 10.9 Å². The number of hydrogen-bond acceptors (Lipinski definition) is 3. The second kappa shape index (κ2) is 5.77. The molecule has 1 fully saturated rings. The average Bonchev–Trinajstić information content (AvgIpc) is 2.54. The van der Waals surface area contributed by atoms with Crippen LogP contribution in [0.4, 0.5) is 4.39 Å². The SMILES string of the molecule is NNC(=O)c1cc2ccc(F)cc2c(C2CCCCC2)n1. The second-order valence-corrected chi connectivity index (χ2v) is 5.57. The molecule has 0 bridgehead atoms. The molecule has 2 aromatic rings. The molecule has 5 heteroatoms. The van der Waals surface area contributed by atoms with Crippen LogP contribution in [0.15, 0.2) is 24.3 Å². The number of hydrazine groups is 1. The fourth-order valence-electron chi connectivity index (χ4n) is 3.12. The Balaban J connectivity index is 2.17. The number of hydrogen-bond donors (Lipinski definition) is 2. The summed E-state index contributed by atoms with van der Waals surface area (Å²) in [5.74, 6) is 4.79. The molecule has 3 N–H and O–H groups in total. The van der Waals surface area contributed by atoms with Crippen molar-refractivity contribution in [3.05, 3.63) is 41.5 Å². The van der Waals surface area contributed by atoms with Gasteiger partial charge in [-0.15, -0.1) is 0 Å². The third-order valence-corrected chi connectivity index (χ3v) is 4.18. The molecule has 0 spiro atoms. The van der Waals surface area contributed by atoms with Gasteiger partial charge >= 0.3 is 0 Å². The first-order valence-electron chi connectivity index (χ1n) is 7.30. The van der Waals surface area contributed by atoms with Crippen LogP contribution in [0.5, 0.6) is 0 Å². The van der Waals surface area contributed by atoms with Gasteiger partial charge < -0.3 is 0 Å². The molecule has 1 amide bonds. The summed E-state index contributed by atoms with van der Waals surface area (Å²) in [5, 5.41) is 1.63. The van der Waals surface area contributed by atoms with E-state index in [-0.39, 0.29) is 17.4 Å². The minimum absolute atomic E-state index is 0.280. The fourth-order valence-corrected chi connectivity index (χ4v) is 3.12. The zero-order chi connectivity index (χ0) is 14.8. The van der Waals surface area contributed by atoms with E-state index in [9.17, 15) is 9.18 Å². The normalized spacial score (nSPS) is 16.1. The van der Waals surface area contributed by atoms with Gasteiger partial charge in [-0.3, -0.25) is 10.2 Å². The van der Waals surface area contributed by atoms with Crippen molar-refractivity contribution in [1.29, 1.82) is 0 Å². The molecule has 1 aromatic carbocycles. The lowest BCUT2D eigenvalue weighted by atomic mass is 9.85. The highest BCUT2D eigenvalue weighted by atomic mass is 19.1. The van der Waals surface area contributed by atoms with Crippen molar-refractivity contribution in [3.8, 4) is 0 Å². The molecule has 1 saturated carbocycles. The van der Waals surface area contributed by atoms with Gasteiger partial charge in [0.2, 0.25) is 0 Å². The maximum Gasteiger partial charge on any atom is 0.283 e. The van der Waals surface area contributed by atoms with E-state index >= 15 is 0 Å². The molecule has 3 rings (SSSR count). The van der Waals surface area contributed by atoms with E-state index in [4.69, 9.17) is 5.84 Å². The smallest absolute Gasteiger partial charge is 0.283 e. The average molecular weight is 287 g/mol. The molecular formula is C16H18FN3O. The quantitative estimate of drug-likeness (QED) is 0.507. The van der Waals surface area contributed by atoms with E-state index < -0.39 is 5.91 Å². The Morgan fingerprint density at radius 1 is 1.24 bits per heavy atom. The maximum atomic E-state index is 13.6. The van der Waals surface area contributed by atoms with Gasteiger partial charge in [0.1, 0.15) is 11.5 Å². The lowest BCUT2D eigenvalue weighted by Crippen LogP contribution is -2.31. The number of nitrogens with zero attached hydrogens (tertiary/aromatic N) is 1. The molecular weight excluding hydrogens is 269 g/mol. The number of nitrogens with one attached hydrogen (secondary N) is 1. The predicted octanol–water partition coefficient (Wildman–Crippen LogP) is 3.03. The molecule has 21 heavy (non-hydrogen) atoms. The largest absolute Gasteiger partial charge is 0.289 e. The predicted molar refractivity (Wildman–Crippen MR) is 79.2 cm³/mol. The van der Waals surface area contributed by atoms with Gasteiger partial charge in [-0.05, 0) is 36.4 Å². The van der Waals surface area contributed by atoms with E-state index in [0.717, 1.165) is 42.1 Å². The molecule has 4 nitrogen and oxygen atoms in total. The molecule has 1 aliphatic rings. The highest BCUT2D eigenvalue weighted by Gasteiger charge is 2.21. The number of carbonyl (C=O) groups excluding carboxylic acids is 1. The van der Waals surface area contributed by atoms with E-state index in [2.05, 4.69) is 10.4 Å². The first-order chi connectivity index (χ1) is 10.2. The van der Waals surface area contributed by atoms with Crippen molar-refractivity contribution in [2.45, 2.75) is 38.0 Å². The van der Waals surface area contributed by atoms with Gasteiger partial charge in [-0.2, -0.15) is 0 Å². The summed E-state index contributed by atoms with van der Waals surface area (Å²) in [4.78, 5) is 16.3. The molecule has 0 unspecified atom stereocenters. The van der Waals surface area contributed by atoms with Crippen molar-refractivity contribution >= 4 is 16.7 Å². The van der Waals surface area contributed by atoms with Crippen molar-refractivity contribution in [1.82, 2.24) is 10.4 Å². The van der Waals surface area contributed by atoms with Crippen LogP contribution in [0.2, 0.25) is 0 Å². The van der Waals surface area contributed by atoms with Gasteiger partial charge in [0.25, 0.3) is 5.91 Å². The maximum absolute atomic E-state index is 13.6. The van der Waals surface area contributed by atoms with Gasteiger partial charge in [0.15, 0.2) is 0 Å². The summed E-state index contributed by atoms with van der Waals surface area (Å²) in [6.07, 6.45) is 5.59. The molecule has 1 heterocycles. The topological polar surface area (TPSA) is 68.0 Å². The Hall–Kier alpha value is -2.01. The minimum Gasteiger partial charge on any atom is -0.289 e. The van der Waals surface area contributed by atoms with Crippen LogP contribution >= 0.6 is 0 Å². The minimum atomic E-state index is -0.418. The number of pyridine rings is 1. The third-order valence-electron chi connectivity index (χ3n) is 4.18. The molecule has 0 aliphatic heterocycles. The highest BCUT2D eigenvalue weighted by molar-refractivity contribution is 5.97. The van der Waals surface area contributed by atoms with Crippen molar-refractivity contribution in [2.75, 3.05) is 0 Å². The van der Waals surface area contributed by atoms with Crippen molar-refractivity contribution in [3.63, 3.8) is 0 Å². The number of nitrogens with two attached hydrogens (primary N) is 1. The fraction of sp³-hybridized carbons (Fsp3) is 0.375. The van der Waals surface area contributed by atoms with Crippen molar-refractivity contribution < 1.29 is 9.18 Å². The number of amides is 1. The zero-order valence-corrected chi connectivity index (χ0v) is 11.7. The molecule has 0 atom stereocenters. The van der Waals surface area contributed by atoms with Crippen LogP contribution in [0, 0.1) is 5.82 Å².